The predicted molar refractivity (Wildman–Crippen MR) is 107 cm³/mol. The third-order valence-electron chi connectivity index (χ3n) is 6.83. The van der Waals surface area contributed by atoms with Crippen LogP contribution in [0.25, 0.3) is 11.3 Å². The van der Waals surface area contributed by atoms with Gasteiger partial charge in [-0.05, 0) is 79.9 Å². The topological polar surface area (TPSA) is 57.8 Å². The van der Waals surface area contributed by atoms with Crippen molar-refractivity contribution < 1.29 is 4.79 Å². The number of benzene rings is 1. The van der Waals surface area contributed by atoms with E-state index in [4.69, 9.17) is 23.2 Å². The number of nitrogens with zero attached hydrogens (tertiary/aromatic N) is 1. The minimum absolute atomic E-state index is 0.0791. The van der Waals surface area contributed by atoms with Crippen molar-refractivity contribution in [1.29, 1.82) is 0 Å². The summed E-state index contributed by atoms with van der Waals surface area (Å²) in [5, 5.41) is 11.3. The monoisotopic (exact) mass is 403 g/mol. The van der Waals surface area contributed by atoms with Gasteiger partial charge in [0.05, 0.1) is 15.7 Å². The molecule has 4 aliphatic rings. The van der Waals surface area contributed by atoms with Gasteiger partial charge < -0.3 is 5.32 Å². The molecule has 4 bridgehead atoms. The van der Waals surface area contributed by atoms with Gasteiger partial charge in [0.25, 0.3) is 5.91 Å². The Hall–Kier alpha value is -1.52. The molecule has 142 valence electrons. The molecule has 4 aliphatic carbocycles. The highest BCUT2D eigenvalue weighted by Gasteiger charge is 2.50. The minimum atomic E-state index is -0.0791. The van der Waals surface area contributed by atoms with Gasteiger partial charge in [-0.15, -0.1) is 0 Å². The van der Waals surface area contributed by atoms with Crippen LogP contribution in [0.5, 0.6) is 0 Å². The van der Waals surface area contributed by atoms with E-state index in [0.29, 0.717) is 26.8 Å². The van der Waals surface area contributed by atoms with E-state index in [1.807, 2.05) is 6.07 Å². The quantitative estimate of drug-likeness (QED) is 0.724. The van der Waals surface area contributed by atoms with Crippen LogP contribution in [0.15, 0.2) is 24.3 Å². The van der Waals surface area contributed by atoms with Gasteiger partial charge in [0.1, 0.15) is 5.69 Å². The number of halogens is 2. The fourth-order valence-corrected chi connectivity index (χ4v) is 6.41. The maximum Gasteiger partial charge on any atom is 0.269 e. The zero-order valence-corrected chi connectivity index (χ0v) is 16.6. The molecule has 4 nitrogen and oxygen atoms in total. The maximum atomic E-state index is 12.7. The van der Waals surface area contributed by atoms with Crippen LogP contribution < -0.4 is 5.32 Å². The molecule has 0 radical (unpaired) electrons. The summed E-state index contributed by atoms with van der Waals surface area (Å²) in [6.45, 7) is 0.788. The van der Waals surface area contributed by atoms with Crippen molar-refractivity contribution in [2.45, 2.75) is 38.5 Å². The molecule has 0 atom stereocenters. The molecule has 1 heterocycles. The highest BCUT2D eigenvalue weighted by Crippen LogP contribution is 2.59. The number of carbonyl (C=O) groups is 1. The fraction of sp³-hybridized carbons (Fsp3) is 0.524. The number of rotatable bonds is 4. The molecule has 6 rings (SSSR count). The Labute approximate surface area is 169 Å². The smallest absolute Gasteiger partial charge is 0.269 e. The van der Waals surface area contributed by atoms with Crippen molar-refractivity contribution in [3.05, 3.63) is 40.0 Å². The second-order valence-electron chi connectivity index (χ2n) is 8.90. The van der Waals surface area contributed by atoms with Gasteiger partial charge in [0.15, 0.2) is 0 Å². The Morgan fingerprint density at radius 2 is 1.74 bits per heavy atom. The first-order chi connectivity index (χ1) is 13.0. The summed E-state index contributed by atoms with van der Waals surface area (Å²) in [4.78, 5) is 12.7. The summed E-state index contributed by atoms with van der Waals surface area (Å²) in [5.41, 5.74) is 2.34. The van der Waals surface area contributed by atoms with Gasteiger partial charge in [0.2, 0.25) is 0 Å². The lowest BCUT2D eigenvalue weighted by Crippen LogP contribution is -2.51. The number of hydrogen-bond donors (Lipinski definition) is 2. The molecule has 4 fully saturated rings. The van der Waals surface area contributed by atoms with Crippen LogP contribution in [0.4, 0.5) is 0 Å². The van der Waals surface area contributed by atoms with Crippen molar-refractivity contribution in [2.75, 3.05) is 6.54 Å². The average Bonchev–Trinajstić information content (AvgIpc) is 3.11. The third kappa shape index (κ3) is 3.27. The Balaban J connectivity index is 1.27. The molecule has 0 unspecified atom stereocenters. The Morgan fingerprint density at radius 1 is 1.07 bits per heavy atom. The summed E-state index contributed by atoms with van der Waals surface area (Å²) in [5.74, 6) is 2.59. The molecule has 27 heavy (non-hydrogen) atoms. The van der Waals surface area contributed by atoms with Gasteiger partial charge in [0, 0.05) is 12.1 Å². The zero-order chi connectivity index (χ0) is 18.6. The molecule has 4 saturated carbocycles. The van der Waals surface area contributed by atoms with Crippen LogP contribution in [-0.2, 0) is 0 Å². The van der Waals surface area contributed by atoms with E-state index >= 15 is 0 Å². The van der Waals surface area contributed by atoms with E-state index < -0.39 is 0 Å². The normalized spacial score (nSPS) is 31.3. The van der Waals surface area contributed by atoms with Gasteiger partial charge >= 0.3 is 0 Å². The Bertz CT molecular complexity index is 856. The molecule has 6 heteroatoms. The van der Waals surface area contributed by atoms with Crippen molar-refractivity contribution in [1.82, 2.24) is 15.5 Å². The first-order valence-corrected chi connectivity index (χ1v) is 10.5. The fourth-order valence-electron chi connectivity index (χ4n) is 6.11. The molecule has 1 amide bonds. The first kappa shape index (κ1) is 17.6. The Morgan fingerprint density at radius 3 is 2.37 bits per heavy atom. The molecule has 0 spiro atoms. The van der Waals surface area contributed by atoms with Crippen molar-refractivity contribution >= 4 is 29.1 Å². The van der Waals surface area contributed by atoms with Gasteiger partial charge in [-0.3, -0.25) is 9.89 Å². The predicted octanol–water partition coefficient (Wildman–Crippen LogP) is 5.33. The summed E-state index contributed by atoms with van der Waals surface area (Å²) in [6.07, 6.45) is 8.12. The van der Waals surface area contributed by atoms with Crippen LogP contribution in [0.1, 0.15) is 49.0 Å². The Kier molecular flexibility index (Phi) is 4.25. The lowest BCUT2D eigenvalue weighted by atomic mass is 9.49. The summed E-state index contributed by atoms with van der Waals surface area (Å²) in [6, 6.07) is 7.12. The number of nitrogens with one attached hydrogen (secondary N) is 2. The molecule has 1 aromatic carbocycles. The summed E-state index contributed by atoms with van der Waals surface area (Å²) in [7, 11) is 0. The number of aromatic amines is 1. The van der Waals surface area contributed by atoms with Crippen LogP contribution in [0.3, 0.4) is 0 Å². The molecule has 0 aliphatic heterocycles. The molecular formula is C21H23Cl2N3O. The number of H-pyrrole nitrogens is 1. The first-order valence-electron chi connectivity index (χ1n) is 9.79. The van der Waals surface area contributed by atoms with E-state index in [1.165, 1.54) is 38.5 Å². The van der Waals surface area contributed by atoms with Gasteiger partial charge in [-0.1, -0.05) is 29.3 Å². The number of hydrogen-bond acceptors (Lipinski definition) is 2. The third-order valence-corrected chi connectivity index (χ3v) is 7.57. The van der Waals surface area contributed by atoms with Crippen LogP contribution >= 0.6 is 23.2 Å². The number of amides is 1. The number of aromatic nitrogens is 2. The van der Waals surface area contributed by atoms with Crippen molar-refractivity contribution in [2.24, 2.45) is 23.2 Å². The number of carbonyl (C=O) groups excluding carboxylic acids is 1. The SMILES string of the molecule is O=C(NCC12CC3CC(CC(C3)C1)C2)c1cc(-c2ccc(Cl)c(Cl)c2)n[nH]1. The van der Waals surface area contributed by atoms with Crippen molar-refractivity contribution in [3.63, 3.8) is 0 Å². The lowest BCUT2D eigenvalue weighted by Gasteiger charge is -2.56. The van der Waals surface area contributed by atoms with E-state index in [-0.39, 0.29) is 5.91 Å². The molecule has 1 aromatic heterocycles. The van der Waals surface area contributed by atoms with E-state index in [0.717, 1.165) is 29.9 Å². The largest absolute Gasteiger partial charge is 0.350 e. The van der Waals surface area contributed by atoms with Crippen LogP contribution in [0, 0.1) is 23.2 Å². The highest BCUT2D eigenvalue weighted by atomic mass is 35.5. The molecule has 2 aromatic rings. The zero-order valence-electron chi connectivity index (χ0n) is 15.1. The maximum absolute atomic E-state index is 12.7. The van der Waals surface area contributed by atoms with E-state index in [2.05, 4.69) is 15.5 Å². The average molecular weight is 404 g/mol. The standard InChI is InChI=1S/C21H23Cl2N3O/c22-16-2-1-15(6-17(16)23)18-7-19(26-25-18)20(27)24-11-21-8-12-3-13(9-21)5-14(4-12)10-21/h1-2,6-7,12-14H,3-5,8-11H2,(H,24,27)(H,25,26). The molecule has 0 saturated heterocycles. The summed E-state index contributed by atoms with van der Waals surface area (Å²) >= 11 is 12.1. The van der Waals surface area contributed by atoms with Crippen LogP contribution in [0.2, 0.25) is 10.0 Å². The minimum Gasteiger partial charge on any atom is -0.350 e. The summed E-state index contributed by atoms with van der Waals surface area (Å²) < 4.78 is 0. The van der Waals surface area contributed by atoms with Gasteiger partial charge in [-0.2, -0.15) is 5.10 Å². The molecular weight excluding hydrogens is 381 g/mol. The second-order valence-corrected chi connectivity index (χ2v) is 9.71. The highest BCUT2D eigenvalue weighted by molar-refractivity contribution is 6.42. The van der Waals surface area contributed by atoms with E-state index in [1.54, 1.807) is 18.2 Å². The lowest BCUT2D eigenvalue weighted by molar-refractivity contribution is -0.0503. The second kappa shape index (κ2) is 6.52. The van der Waals surface area contributed by atoms with Crippen LogP contribution in [-0.4, -0.2) is 22.6 Å². The molecule has 2 N–H and O–H groups in total. The van der Waals surface area contributed by atoms with Gasteiger partial charge in [-0.25, -0.2) is 0 Å². The van der Waals surface area contributed by atoms with E-state index in [9.17, 15) is 4.79 Å². The van der Waals surface area contributed by atoms with Crippen molar-refractivity contribution in [3.8, 4) is 11.3 Å².